The minimum atomic E-state index is 0.806. The summed E-state index contributed by atoms with van der Waals surface area (Å²) >= 11 is 0. The number of nitrogens with zero attached hydrogens (tertiary/aromatic N) is 2. The predicted octanol–water partition coefficient (Wildman–Crippen LogP) is 15.9. The minimum Gasteiger partial charge on any atom is -0.455 e. The van der Waals surface area contributed by atoms with Crippen molar-refractivity contribution in [3.05, 3.63) is 219 Å². The summed E-state index contributed by atoms with van der Waals surface area (Å²) in [5, 5.41) is 4.43. The zero-order valence-corrected chi connectivity index (χ0v) is 33.5. The highest BCUT2D eigenvalue weighted by Gasteiger charge is 2.18. The Morgan fingerprint density at radius 2 is 0.548 bits per heavy atom. The van der Waals surface area contributed by atoms with E-state index in [0.29, 0.717) is 0 Å². The third kappa shape index (κ3) is 6.08. The standard InChI is InChI=1S/C58H36N2O2/c1-3-13-37(14-4-1)45-21-9-25-49-51-27-11-23-47(57(51)61-55(45)49)43-19-7-17-39(33-43)41-29-31-59-53(35-41)54-36-42(30-32-60-54)40-18-8-20-44(34-40)48-24-12-28-52-50-26-10-22-46(56(50)62-58(48)52)38-15-5-2-6-16-38/h1-36H. The van der Waals surface area contributed by atoms with E-state index in [-0.39, 0.29) is 0 Å². The average Bonchev–Trinajstić information content (AvgIpc) is 3.94. The molecule has 0 bridgehead atoms. The molecule has 0 aliphatic heterocycles. The van der Waals surface area contributed by atoms with Crippen LogP contribution in [0.3, 0.4) is 0 Å². The highest BCUT2D eigenvalue weighted by atomic mass is 16.3. The van der Waals surface area contributed by atoms with Crippen LogP contribution >= 0.6 is 0 Å². The molecule has 0 amide bonds. The molecule has 8 aromatic carbocycles. The van der Waals surface area contributed by atoms with Crippen LogP contribution in [0.15, 0.2) is 227 Å². The van der Waals surface area contributed by atoms with Gasteiger partial charge in [0.1, 0.15) is 22.3 Å². The van der Waals surface area contributed by atoms with E-state index < -0.39 is 0 Å². The second-order valence-electron chi connectivity index (χ2n) is 15.7. The summed E-state index contributed by atoms with van der Waals surface area (Å²) < 4.78 is 13.5. The van der Waals surface area contributed by atoms with Crippen molar-refractivity contribution >= 4 is 43.9 Å². The Bertz CT molecular complexity index is 3400. The van der Waals surface area contributed by atoms with Crippen molar-refractivity contribution in [3.63, 3.8) is 0 Å². The van der Waals surface area contributed by atoms with Gasteiger partial charge in [0.05, 0.1) is 11.4 Å². The second kappa shape index (κ2) is 14.7. The van der Waals surface area contributed by atoms with Crippen LogP contribution in [0, 0.1) is 0 Å². The van der Waals surface area contributed by atoms with Crippen LogP contribution < -0.4 is 0 Å². The maximum Gasteiger partial charge on any atom is 0.143 e. The van der Waals surface area contributed by atoms with Crippen molar-refractivity contribution in [2.45, 2.75) is 0 Å². The molecular formula is C58H36N2O2. The Labute approximate surface area is 358 Å². The zero-order valence-electron chi connectivity index (χ0n) is 33.5. The molecular weight excluding hydrogens is 757 g/mol. The van der Waals surface area contributed by atoms with Gasteiger partial charge < -0.3 is 8.83 Å². The maximum atomic E-state index is 6.75. The molecule has 0 atom stereocenters. The lowest BCUT2D eigenvalue weighted by molar-refractivity contribution is 0.670. The predicted molar refractivity (Wildman–Crippen MR) is 255 cm³/mol. The van der Waals surface area contributed by atoms with Crippen molar-refractivity contribution in [3.8, 4) is 78.1 Å². The molecule has 0 radical (unpaired) electrons. The fourth-order valence-corrected chi connectivity index (χ4v) is 9.02. The molecule has 290 valence electrons. The van der Waals surface area contributed by atoms with E-state index in [0.717, 1.165) is 122 Å². The van der Waals surface area contributed by atoms with Gasteiger partial charge in [0.15, 0.2) is 0 Å². The first-order valence-electron chi connectivity index (χ1n) is 20.9. The first-order valence-corrected chi connectivity index (χ1v) is 20.9. The first kappa shape index (κ1) is 35.6. The van der Waals surface area contributed by atoms with Crippen LogP contribution in [0.25, 0.3) is 122 Å². The van der Waals surface area contributed by atoms with Gasteiger partial charge in [-0.3, -0.25) is 9.97 Å². The molecule has 4 aromatic heterocycles. The quantitative estimate of drug-likeness (QED) is 0.161. The van der Waals surface area contributed by atoms with E-state index in [9.17, 15) is 0 Å². The number of furan rings is 2. The molecule has 0 N–H and O–H groups in total. The highest BCUT2D eigenvalue weighted by molar-refractivity contribution is 6.14. The Morgan fingerprint density at radius 1 is 0.242 bits per heavy atom. The zero-order chi connectivity index (χ0) is 41.0. The Kier molecular flexibility index (Phi) is 8.46. The molecule has 0 spiro atoms. The molecule has 12 aromatic rings. The lowest BCUT2D eigenvalue weighted by Crippen LogP contribution is -1.90. The van der Waals surface area contributed by atoms with Gasteiger partial charge in [-0.1, -0.05) is 170 Å². The lowest BCUT2D eigenvalue weighted by Gasteiger charge is -2.10. The highest BCUT2D eigenvalue weighted by Crippen LogP contribution is 2.42. The van der Waals surface area contributed by atoms with E-state index in [1.807, 2.05) is 24.5 Å². The van der Waals surface area contributed by atoms with E-state index in [4.69, 9.17) is 18.8 Å². The van der Waals surface area contributed by atoms with Crippen LogP contribution in [-0.2, 0) is 0 Å². The molecule has 4 heteroatoms. The number of para-hydroxylation sites is 4. The number of aromatic nitrogens is 2. The molecule has 0 saturated heterocycles. The second-order valence-corrected chi connectivity index (χ2v) is 15.7. The van der Waals surface area contributed by atoms with Crippen molar-refractivity contribution in [1.29, 1.82) is 0 Å². The molecule has 62 heavy (non-hydrogen) atoms. The topological polar surface area (TPSA) is 52.1 Å². The van der Waals surface area contributed by atoms with Crippen LogP contribution in [0.1, 0.15) is 0 Å². The number of fused-ring (bicyclic) bond motifs is 6. The monoisotopic (exact) mass is 792 g/mol. The Hall–Kier alpha value is -8.34. The average molecular weight is 793 g/mol. The molecule has 4 heterocycles. The summed E-state index contributed by atoms with van der Waals surface area (Å²) in [6.45, 7) is 0. The number of pyridine rings is 2. The van der Waals surface area contributed by atoms with Crippen molar-refractivity contribution in [1.82, 2.24) is 9.97 Å². The number of hydrogen-bond acceptors (Lipinski definition) is 4. The summed E-state index contributed by atoms with van der Waals surface area (Å²) in [6, 6.07) is 72.2. The van der Waals surface area contributed by atoms with Crippen LogP contribution in [0.4, 0.5) is 0 Å². The van der Waals surface area contributed by atoms with Crippen molar-refractivity contribution in [2.24, 2.45) is 0 Å². The van der Waals surface area contributed by atoms with Crippen LogP contribution in [0.5, 0.6) is 0 Å². The summed E-state index contributed by atoms with van der Waals surface area (Å²) in [7, 11) is 0. The van der Waals surface area contributed by atoms with Gasteiger partial charge >= 0.3 is 0 Å². The van der Waals surface area contributed by atoms with Crippen molar-refractivity contribution in [2.75, 3.05) is 0 Å². The fraction of sp³-hybridized carbons (Fsp3) is 0. The van der Waals surface area contributed by atoms with E-state index in [1.54, 1.807) is 0 Å². The van der Waals surface area contributed by atoms with Crippen LogP contribution in [0.2, 0.25) is 0 Å². The van der Waals surface area contributed by atoms with Gasteiger partial charge in [-0.05, 0) is 80.9 Å². The van der Waals surface area contributed by atoms with Gasteiger partial charge in [-0.2, -0.15) is 0 Å². The van der Waals surface area contributed by atoms with E-state index >= 15 is 0 Å². The summed E-state index contributed by atoms with van der Waals surface area (Å²) in [5.41, 5.74) is 18.2. The molecule has 0 aliphatic carbocycles. The smallest absolute Gasteiger partial charge is 0.143 e. The fourth-order valence-electron chi connectivity index (χ4n) is 9.02. The molecule has 0 fully saturated rings. The molecule has 4 nitrogen and oxygen atoms in total. The summed E-state index contributed by atoms with van der Waals surface area (Å²) in [5.74, 6) is 0. The first-order chi connectivity index (χ1) is 30.7. The van der Waals surface area contributed by atoms with E-state index in [2.05, 4.69) is 194 Å². The third-order valence-corrected chi connectivity index (χ3v) is 12.0. The number of hydrogen-bond donors (Lipinski definition) is 0. The van der Waals surface area contributed by atoms with Gasteiger partial charge in [0.2, 0.25) is 0 Å². The number of rotatable bonds is 7. The van der Waals surface area contributed by atoms with Gasteiger partial charge in [0.25, 0.3) is 0 Å². The van der Waals surface area contributed by atoms with Gasteiger partial charge in [-0.25, -0.2) is 0 Å². The molecule has 0 saturated carbocycles. The normalized spacial score (nSPS) is 11.5. The Morgan fingerprint density at radius 3 is 0.935 bits per heavy atom. The van der Waals surface area contributed by atoms with E-state index in [1.165, 1.54) is 0 Å². The summed E-state index contributed by atoms with van der Waals surface area (Å²) in [6.07, 6.45) is 3.74. The van der Waals surface area contributed by atoms with Gasteiger partial charge in [0, 0.05) is 56.2 Å². The summed E-state index contributed by atoms with van der Waals surface area (Å²) in [4.78, 5) is 9.62. The Balaban J connectivity index is 0.876. The minimum absolute atomic E-state index is 0.806. The van der Waals surface area contributed by atoms with Crippen LogP contribution in [-0.4, -0.2) is 9.97 Å². The largest absolute Gasteiger partial charge is 0.455 e. The maximum absolute atomic E-state index is 6.75. The van der Waals surface area contributed by atoms with Crippen molar-refractivity contribution < 1.29 is 8.83 Å². The number of benzene rings is 8. The molecule has 0 aliphatic rings. The molecule has 0 unspecified atom stereocenters. The third-order valence-electron chi connectivity index (χ3n) is 12.0. The lowest BCUT2D eigenvalue weighted by atomic mass is 9.96. The SMILES string of the molecule is c1ccc(-c2cccc3c2oc2c(-c4cccc(-c5ccnc(-c6cc(-c7cccc(-c8cccc9c8oc8c(-c%10ccccc%10)cccc89)c7)ccn6)c5)c4)cccc23)cc1. The van der Waals surface area contributed by atoms with Gasteiger partial charge in [-0.15, -0.1) is 0 Å². The molecule has 12 rings (SSSR count).